The molecule has 9 heteroatoms. The van der Waals surface area contributed by atoms with Crippen LogP contribution in [-0.2, 0) is 17.6 Å². The van der Waals surface area contributed by atoms with Crippen molar-refractivity contribution < 1.29 is 9.18 Å². The van der Waals surface area contributed by atoms with Gasteiger partial charge in [-0.15, -0.1) is 10.2 Å². The van der Waals surface area contributed by atoms with E-state index in [9.17, 15) is 14.0 Å². The summed E-state index contributed by atoms with van der Waals surface area (Å²) in [5.74, 6) is 0.151. The number of hydrogen-bond acceptors (Lipinski definition) is 4. The monoisotopic (exact) mass is 458 g/mol. The maximum absolute atomic E-state index is 13.5. The predicted octanol–water partition coefficient (Wildman–Crippen LogP) is 3.18. The highest BCUT2D eigenvalue weighted by molar-refractivity contribution is 5.83. The molecule has 0 fully saturated rings. The van der Waals surface area contributed by atoms with Gasteiger partial charge in [0, 0.05) is 48.9 Å². The van der Waals surface area contributed by atoms with Crippen molar-refractivity contribution in [3.05, 3.63) is 94.7 Å². The molecule has 0 aliphatic carbocycles. The van der Waals surface area contributed by atoms with Gasteiger partial charge in [0.15, 0.2) is 0 Å². The third-order valence-electron chi connectivity index (χ3n) is 5.82. The van der Waals surface area contributed by atoms with Gasteiger partial charge in [-0.2, -0.15) is 0 Å². The quantitative estimate of drug-likeness (QED) is 0.373. The molecule has 0 saturated carbocycles. The molecule has 34 heavy (non-hydrogen) atoms. The lowest BCUT2D eigenvalue weighted by Gasteiger charge is -2.07. The molecular weight excluding hydrogens is 435 g/mol. The van der Waals surface area contributed by atoms with Gasteiger partial charge in [0.2, 0.25) is 11.6 Å². The molecule has 0 radical (unpaired) electrons. The first-order valence-corrected chi connectivity index (χ1v) is 11.1. The minimum Gasteiger partial charge on any atom is -0.361 e. The van der Waals surface area contributed by atoms with Crippen molar-refractivity contribution in [1.29, 1.82) is 0 Å². The topological polar surface area (TPSA) is 97.1 Å². The predicted molar refractivity (Wildman–Crippen MR) is 126 cm³/mol. The summed E-state index contributed by atoms with van der Waals surface area (Å²) in [4.78, 5) is 28.3. The van der Waals surface area contributed by atoms with E-state index in [1.807, 2.05) is 24.4 Å². The van der Waals surface area contributed by atoms with Gasteiger partial charge >= 0.3 is 5.56 Å². The number of aryl methyl sites for hydroxylation is 1. The highest BCUT2D eigenvalue weighted by Gasteiger charge is 2.12. The summed E-state index contributed by atoms with van der Waals surface area (Å²) >= 11 is 0. The Morgan fingerprint density at radius 3 is 2.82 bits per heavy atom. The maximum atomic E-state index is 13.5. The number of carbonyl (C=O) groups is 1. The summed E-state index contributed by atoms with van der Waals surface area (Å²) < 4.78 is 16.5. The van der Waals surface area contributed by atoms with Gasteiger partial charge in [0.25, 0.3) is 0 Å². The van der Waals surface area contributed by atoms with Gasteiger partial charge in [-0.3, -0.25) is 18.6 Å². The number of aromatic nitrogens is 5. The van der Waals surface area contributed by atoms with Gasteiger partial charge in [0.05, 0.1) is 5.69 Å². The van der Waals surface area contributed by atoms with Crippen LogP contribution in [0.1, 0.15) is 24.2 Å². The second-order valence-electron chi connectivity index (χ2n) is 8.08. The van der Waals surface area contributed by atoms with Crippen LogP contribution in [0.5, 0.6) is 0 Å². The first-order chi connectivity index (χ1) is 16.6. The number of aromatic amines is 1. The first kappa shape index (κ1) is 21.6. The van der Waals surface area contributed by atoms with Gasteiger partial charge in [-0.25, -0.2) is 4.39 Å². The Hall–Kier alpha value is -4.27. The lowest BCUT2D eigenvalue weighted by atomic mass is 10.1. The minimum atomic E-state index is -0.425. The van der Waals surface area contributed by atoms with Crippen LogP contribution >= 0.6 is 0 Å². The van der Waals surface area contributed by atoms with Crippen molar-refractivity contribution in [3.8, 4) is 5.69 Å². The number of nitrogens with zero attached hydrogens (tertiary/aromatic N) is 4. The normalized spacial score (nSPS) is 11.3. The Morgan fingerprint density at radius 2 is 1.94 bits per heavy atom. The Balaban J connectivity index is 1.16. The van der Waals surface area contributed by atoms with E-state index in [1.165, 1.54) is 27.6 Å². The number of amides is 1. The van der Waals surface area contributed by atoms with Crippen molar-refractivity contribution in [2.75, 3.05) is 6.54 Å². The number of carbonyl (C=O) groups excluding carboxylic acids is 1. The fourth-order valence-corrected chi connectivity index (χ4v) is 4.11. The molecule has 5 aromatic rings. The number of fused-ring (bicyclic) bond motifs is 2. The zero-order chi connectivity index (χ0) is 23.5. The molecule has 0 bridgehead atoms. The Labute approximate surface area is 194 Å². The highest BCUT2D eigenvalue weighted by atomic mass is 19.1. The van der Waals surface area contributed by atoms with Crippen LogP contribution < -0.4 is 10.9 Å². The van der Waals surface area contributed by atoms with Gasteiger partial charge in [0.1, 0.15) is 11.6 Å². The smallest absolute Gasteiger partial charge is 0.300 e. The van der Waals surface area contributed by atoms with E-state index >= 15 is 0 Å². The van der Waals surface area contributed by atoms with E-state index in [2.05, 4.69) is 26.6 Å². The Bertz CT molecular complexity index is 1530. The third kappa shape index (κ3) is 4.32. The average Bonchev–Trinajstić information content (AvgIpc) is 3.44. The van der Waals surface area contributed by atoms with Crippen molar-refractivity contribution in [2.24, 2.45) is 0 Å². The largest absolute Gasteiger partial charge is 0.361 e. The van der Waals surface area contributed by atoms with E-state index in [0.29, 0.717) is 37.3 Å². The second-order valence-corrected chi connectivity index (χ2v) is 8.08. The summed E-state index contributed by atoms with van der Waals surface area (Å²) in [6.45, 7) is 0.564. The van der Waals surface area contributed by atoms with Crippen LogP contribution in [0, 0.1) is 5.82 Å². The molecule has 1 amide bonds. The molecule has 0 atom stereocenters. The number of para-hydroxylation sites is 1. The molecule has 0 aliphatic rings. The summed E-state index contributed by atoms with van der Waals surface area (Å²) in [6.07, 6.45) is 7.40. The van der Waals surface area contributed by atoms with Crippen molar-refractivity contribution in [1.82, 2.24) is 29.5 Å². The molecule has 0 saturated heterocycles. The van der Waals surface area contributed by atoms with Crippen LogP contribution in [0.25, 0.3) is 22.2 Å². The number of nitrogens with one attached hydrogen (secondary N) is 2. The van der Waals surface area contributed by atoms with E-state index in [-0.39, 0.29) is 17.1 Å². The standard InChI is InChI=1S/C25H23FN6O2/c26-18-5-3-6-19(15-18)31-13-14-32-22(29-30-24(32)25(31)34)9-4-10-23(33)27-12-11-17-16-28-21-8-2-1-7-20(17)21/h1-3,5-8,13-16,28H,4,9-12H2,(H,27,33). The fourth-order valence-electron chi connectivity index (χ4n) is 4.11. The summed E-state index contributed by atoms with van der Waals surface area (Å²) in [5, 5.41) is 12.3. The van der Waals surface area contributed by atoms with Crippen molar-refractivity contribution >= 4 is 22.5 Å². The number of H-pyrrole nitrogens is 1. The van der Waals surface area contributed by atoms with Gasteiger partial charge in [-0.05, 0) is 42.7 Å². The Kier molecular flexibility index (Phi) is 5.90. The van der Waals surface area contributed by atoms with Crippen LogP contribution in [0.2, 0.25) is 0 Å². The lowest BCUT2D eigenvalue weighted by molar-refractivity contribution is -0.121. The van der Waals surface area contributed by atoms with Crippen LogP contribution in [0.4, 0.5) is 4.39 Å². The molecule has 0 aliphatic heterocycles. The third-order valence-corrected chi connectivity index (χ3v) is 5.82. The number of hydrogen-bond donors (Lipinski definition) is 2. The highest BCUT2D eigenvalue weighted by Crippen LogP contribution is 2.17. The Morgan fingerprint density at radius 1 is 1.06 bits per heavy atom. The van der Waals surface area contributed by atoms with E-state index in [4.69, 9.17) is 0 Å². The van der Waals surface area contributed by atoms with E-state index in [1.54, 1.807) is 28.9 Å². The van der Waals surface area contributed by atoms with Gasteiger partial charge in [-0.1, -0.05) is 24.3 Å². The zero-order valence-corrected chi connectivity index (χ0v) is 18.4. The summed E-state index contributed by atoms with van der Waals surface area (Å²) in [6, 6.07) is 13.9. The van der Waals surface area contributed by atoms with Crippen molar-refractivity contribution in [3.63, 3.8) is 0 Å². The average molecular weight is 458 g/mol. The fraction of sp³-hybridized carbons (Fsp3) is 0.200. The van der Waals surface area contributed by atoms with Crippen molar-refractivity contribution in [2.45, 2.75) is 25.7 Å². The number of benzene rings is 2. The molecule has 3 aromatic heterocycles. The lowest BCUT2D eigenvalue weighted by Crippen LogP contribution is -2.25. The second kappa shape index (κ2) is 9.30. The first-order valence-electron chi connectivity index (χ1n) is 11.1. The summed E-state index contributed by atoms with van der Waals surface area (Å²) in [5.41, 5.74) is 2.45. The SMILES string of the molecule is O=C(CCCc1nnc2c(=O)n(-c3cccc(F)c3)ccn12)NCCc1c[nH]c2ccccc12. The van der Waals surface area contributed by atoms with Crippen LogP contribution in [0.15, 0.2) is 71.9 Å². The molecule has 5 rings (SSSR count). The molecule has 172 valence electrons. The number of rotatable bonds is 8. The molecule has 0 unspecified atom stereocenters. The van der Waals surface area contributed by atoms with E-state index < -0.39 is 5.82 Å². The molecule has 2 N–H and O–H groups in total. The number of halogens is 1. The molecule has 0 spiro atoms. The van der Waals surface area contributed by atoms with Gasteiger partial charge < -0.3 is 10.3 Å². The molecule has 8 nitrogen and oxygen atoms in total. The molecule has 2 aromatic carbocycles. The minimum absolute atomic E-state index is 0.0258. The van der Waals surface area contributed by atoms with E-state index in [0.717, 1.165) is 11.9 Å². The van der Waals surface area contributed by atoms with Crippen LogP contribution in [0.3, 0.4) is 0 Å². The van der Waals surface area contributed by atoms with Crippen LogP contribution in [-0.4, -0.2) is 36.6 Å². The molecule has 3 heterocycles. The zero-order valence-electron chi connectivity index (χ0n) is 18.4. The summed E-state index contributed by atoms with van der Waals surface area (Å²) in [7, 11) is 0. The maximum Gasteiger partial charge on any atom is 0.300 e. The molecular formula is C25H23FN6O2.